The van der Waals surface area contributed by atoms with Crippen molar-refractivity contribution in [3.63, 3.8) is 0 Å². The van der Waals surface area contributed by atoms with Gasteiger partial charge in [0.15, 0.2) is 0 Å². The van der Waals surface area contributed by atoms with Crippen LogP contribution in [0.2, 0.25) is 0 Å². The van der Waals surface area contributed by atoms with Crippen LogP contribution < -0.4 is 10.5 Å². The zero-order chi connectivity index (χ0) is 13.2. The van der Waals surface area contributed by atoms with Crippen molar-refractivity contribution in [3.05, 3.63) is 29.3 Å². The first-order chi connectivity index (χ1) is 8.57. The van der Waals surface area contributed by atoms with Crippen LogP contribution in [0.1, 0.15) is 43.4 Å². The zero-order valence-electron chi connectivity index (χ0n) is 11.5. The SMILES string of the molecule is COc1ccc(C(N)C2(C)CCCCO2)c(C)c1. The van der Waals surface area contributed by atoms with Crippen molar-refractivity contribution in [3.8, 4) is 5.75 Å². The lowest BCUT2D eigenvalue weighted by Gasteiger charge is -2.39. The van der Waals surface area contributed by atoms with Crippen LogP contribution in [0.4, 0.5) is 0 Å². The Morgan fingerprint density at radius 1 is 1.39 bits per heavy atom. The number of aryl methyl sites for hydroxylation is 1. The van der Waals surface area contributed by atoms with Crippen molar-refractivity contribution in [1.82, 2.24) is 0 Å². The molecule has 2 rings (SSSR count). The number of methoxy groups -OCH3 is 1. The van der Waals surface area contributed by atoms with E-state index in [1.807, 2.05) is 12.1 Å². The van der Waals surface area contributed by atoms with Crippen molar-refractivity contribution in [2.75, 3.05) is 13.7 Å². The maximum Gasteiger partial charge on any atom is 0.119 e. The van der Waals surface area contributed by atoms with Crippen LogP contribution in [-0.4, -0.2) is 19.3 Å². The van der Waals surface area contributed by atoms with Gasteiger partial charge >= 0.3 is 0 Å². The molecule has 1 aliphatic heterocycles. The van der Waals surface area contributed by atoms with E-state index in [4.69, 9.17) is 15.2 Å². The molecule has 3 nitrogen and oxygen atoms in total. The highest BCUT2D eigenvalue weighted by molar-refractivity contribution is 5.37. The average molecular weight is 249 g/mol. The highest BCUT2D eigenvalue weighted by Crippen LogP contribution is 2.36. The van der Waals surface area contributed by atoms with Crippen molar-refractivity contribution < 1.29 is 9.47 Å². The van der Waals surface area contributed by atoms with Gasteiger partial charge in [-0.15, -0.1) is 0 Å². The summed E-state index contributed by atoms with van der Waals surface area (Å²) in [7, 11) is 1.68. The third kappa shape index (κ3) is 2.52. The molecule has 2 N–H and O–H groups in total. The van der Waals surface area contributed by atoms with Crippen molar-refractivity contribution >= 4 is 0 Å². The lowest BCUT2D eigenvalue weighted by molar-refractivity contribution is -0.0821. The predicted octanol–water partition coefficient (Wildman–Crippen LogP) is 2.96. The Balaban J connectivity index is 2.24. The van der Waals surface area contributed by atoms with Crippen LogP contribution in [0.3, 0.4) is 0 Å². The molecule has 1 saturated heterocycles. The van der Waals surface area contributed by atoms with Gasteiger partial charge in [0.05, 0.1) is 18.8 Å². The normalized spacial score (nSPS) is 25.8. The molecule has 1 heterocycles. The second kappa shape index (κ2) is 5.29. The van der Waals surface area contributed by atoms with Gasteiger partial charge in [-0.25, -0.2) is 0 Å². The summed E-state index contributed by atoms with van der Waals surface area (Å²) in [5.74, 6) is 0.873. The van der Waals surface area contributed by atoms with Gasteiger partial charge in [-0.3, -0.25) is 0 Å². The van der Waals surface area contributed by atoms with Crippen LogP contribution >= 0.6 is 0 Å². The Morgan fingerprint density at radius 2 is 2.17 bits per heavy atom. The monoisotopic (exact) mass is 249 g/mol. The van der Waals surface area contributed by atoms with E-state index < -0.39 is 0 Å². The summed E-state index contributed by atoms with van der Waals surface area (Å²) in [6, 6.07) is 5.97. The zero-order valence-corrected chi connectivity index (χ0v) is 11.5. The molecular formula is C15H23NO2. The van der Waals surface area contributed by atoms with E-state index in [1.54, 1.807) is 7.11 Å². The Hall–Kier alpha value is -1.06. The topological polar surface area (TPSA) is 44.5 Å². The molecule has 100 valence electrons. The first-order valence-electron chi connectivity index (χ1n) is 6.61. The fourth-order valence-electron chi connectivity index (χ4n) is 2.65. The van der Waals surface area contributed by atoms with Crippen molar-refractivity contribution in [2.45, 2.75) is 44.8 Å². The molecular weight excluding hydrogens is 226 g/mol. The van der Waals surface area contributed by atoms with Crippen LogP contribution in [0.25, 0.3) is 0 Å². The molecule has 2 atom stereocenters. The number of hydrogen-bond donors (Lipinski definition) is 1. The summed E-state index contributed by atoms with van der Waals surface area (Å²) in [6.45, 7) is 5.02. The Bertz CT molecular complexity index is 411. The number of hydrogen-bond acceptors (Lipinski definition) is 3. The maximum absolute atomic E-state index is 6.43. The standard InChI is InChI=1S/C15H23NO2/c1-11-10-12(17-3)6-7-13(11)14(16)15(2)8-4-5-9-18-15/h6-7,10,14H,4-5,8-9,16H2,1-3H3. The molecule has 0 bridgehead atoms. The number of rotatable bonds is 3. The summed E-state index contributed by atoms with van der Waals surface area (Å²) in [5.41, 5.74) is 8.51. The van der Waals surface area contributed by atoms with Gasteiger partial charge in [0, 0.05) is 6.61 Å². The first-order valence-corrected chi connectivity index (χ1v) is 6.61. The Kier molecular flexibility index (Phi) is 3.93. The van der Waals surface area contributed by atoms with Crippen molar-refractivity contribution in [1.29, 1.82) is 0 Å². The van der Waals surface area contributed by atoms with Crippen LogP contribution in [0, 0.1) is 6.92 Å². The molecule has 0 radical (unpaired) electrons. The van der Waals surface area contributed by atoms with E-state index in [0.717, 1.165) is 36.3 Å². The molecule has 0 amide bonds. The minimum absolute atomic E-state index is 0.0799. The first kappa shape index (κ1) is 13.4. The summed E-state index contributed by atoms with van der Waals surface area (Å²) in [4.78, 5) is 0. The molecule has 0 aliphatic carbocycles. The summed E-state index contributed by atoms with van der Waals surface area (Å²) >= 11 is 0. The molecule has 1 aliphatic rings. The van der Waals surface area contributed by atoms with E-state index in [-0.39, 0.29) is 11.6 Å². The van der Waals surface area contributed by atoms with Gasteiger partial charge < -0.3 is 15.2 Å². The second-order valence-electron chi connectivity index (χ2n) is 5.32. The van der Waals surface area contributed by atoms with Crippen molar-refractivity contribution in [2.24, 2.45) is 5.73 Å². The fourth-order valence-corrected chi connectivity index (χ4v) is 2.65. The summed E-state index contributed by atoms with van der Waals surface area (Å²) < 4.78 is 11.2. The highest BCUT2D eigenvalue weighted by Gasteiger charge is 2.36. The molecule has 0 aromatic heterocycles. The van der Waals surface area contributed by atoms with E-state index in [1.165, 1.54) is 6.42 Å². The third-order valence-corrected chi connectivity index (χ3v) is 3.97. The molecule has 0 saturated carbocycles. The van der Waals surface area contributed by atoms with Crippen LogP contribution in [0.15, 0.2) is 18.2 Å². The number of ether oxygens (including phenoxy) is 2. The molecule has 0 spiro atoms. The molecule has 1 fully saturated rings. The second-order valence-corrected chi connectivity index (χ2v) is 5.32. The average Bonchev–Trinajstić information content (AvgIpc) is 2.38. The molecule has 1 aromatic carbocycles. The van der Waals surface area contributed by atoms with Gasteiger partial charge in [-0.1, -0.05) is 6.07 Å². The number of benzene rings is 1. The number of nitrogens with two attached hydrogens (primary N) is 1. The summed E-state index contributed by atoms with van der Waals surface area (Å²) in [5, 5.41) is 0. The van der Waals surface area contributed by atoms with Gasteiger partial charge in [-0.2, -0.15) is 0 Å². The Labute approximate surface area is 109 Å². The molecule has 3 heteroatoms. The van der Waals surface area contributed by atoms with Crippen LogP contribution in [0.5, 0.6) is 5.75 Å². The maximum atomic E-state index is 6.43. The predicted molar refractivity (Wildman–Crippen MR) is 72.9 cm³/mol. The van der Waals surface area contributed by atoms with E-state index in [2.05, 4.69) is 19.9 Å². The quantitative estimate of drug-likeness (QED) is 0.895. The van der Waals surface area contributed by atoms with Gasteiger partial charge in [-0.05, 0) is 56.4 Å². The smallest absolute Gasteiger partial charge is 0.119 e. The largest absolute Gasteiger partial charge is 0.497 e. The highest BCUT2D eigenvalue weighted by atomic mass is 16.5. The Morgan fingerprint density at radius 3 is 2.72 bits per heavy atom. The fraction of sp³-hybridized carbons (Fsp3) is 0.600. The van der Waals surface area contributed by atoms with Gasteiger partial charge in [0.25, 0.3) is 0 Å². The van der Waals surface area contributed by atoms with Gasteiger partial charge in [0.1, 0.15) is 5.75 Å². The minimum atomic E-state index is -0.238. The van der Waals surface area contributed by atoms with E-state index in [9.17, 15) is 0 Å². The molecule has 1 aromatic rings. The van der Waals surface area contributed by atoms with Gasteiger partial charge in [0.2, 0.25) is 0 Å². The van der Waals surface area contributed by atoms with E-state index >= 15 is 0 Å². The third-order valence-electron chi connectivity index (χ3n) is 3.97. The molecule has 18 heavy (non-hydrogen) atoms. The lowest BCUT2D eigenvalue weighted by Crippen LogP contribution is -2.43. The summed E-state index contributed by atoms with van der Waals surface area (Å²) in [6.07, 6.45) is 3.36. The molecule has 2 unspecified atom stereocenters. The minimum Gasteiger partial charge on any atom is -0.497 e. The lowest BCUT2D eigenvalue weighted by atomic mass is 9.83. The van der Waals surface area contributed by atoms with E-state index in [0.29, 0.717) is 0 Å². The van der Waals surface area contributed by atoms with Crippen LogP contribution in [-0.2, 0) is 4.74 Å².